The van der Waals surface area contributed by atoms with Crippen molar-refractivity contribution in [1.29, 1.82) is 0 Å². The zero-order valence-electron chi connectivity index (χ0n) is 6.01. The van der Waals surface area contributed by atoms with E-state index in [4.69, 9.17) is 15.3 Å². The third kappa shape index (κ3) is 1.51. The molecule has 3 N–H and O–H groups in total. The van der Waals surface area contributed by atoms with Gasteiger partial charge in [-0.25, -0.2) is 4.39 Å². The minimum absolute atomic E-state index is 0.744. The second-order valence-corrected chi connectivity index (χ2v) is 2.66. The van der Waals surface area contributed by atoms with Gasteiger partial charge in [0, 0.05) is 0 Å². The Morgan fingerprint density at radius 3 is 2.27 bits per heavy atom. The molecule has 4 nitrogen and oxygen atoms in total. The molecule has 1 rings (SSSR count). The monoisotopic (exact) mass is 166 g/mol. The summed E-state index contributed by atoms with van der Waals surface area (Å²) in [6.45, 7) is 1.45. The summed E-state index contributed by atoms with van der Waals surface area (Å²) >= 11 is 0. The molecular weight excluding hydrogens is 155 g/mol. The summed E-state index contributed by atoms with van der Waals surface area (Å²) < 4.78 is 17.2. The van der Waals surface area contributed by atoms with Crippen LogP contribution < -0.4 is 0 Å². The highest BCUT2D eigenvalue weighted by Gasteiger charge is 2.42. The number of hydrogen-bond donors (Lipinski definition) is 3. The van der Waals surface area contributed by atoms with Gasteiger partial charge in [0.15, 0.2) is 12.5 Å². The van der Waals surface area contributed by atoms with Gasteiger partial charge < -0.3 is 20.1 Å². The lowest BCUT2D eigenvalue weighted by atomic mass is 10.0. The molecule has 0 aliphatic carbocycles. The first kappa shape index (κ1) is 8.86. The largest absolute Gasteiger partial charge is 0.388 e. The first-order valence-corrected chi connectivity index (χ1v) is 3.37. The zero-order valence-corrected chi connectivity index (χ0v) is 6.01. The minimum atomic E-state index is -1.93. The summed E-state index contributed by atoms with van der Waals surface area (Å²) in [6, 6.07) is 0. The number of aliphatic hydroxyl groups is 3. The van der Waals surface area contributed by atoms with Crippen LogP contribution in [0.15, 0.2) is 0 Å². The number of aliphatic hydroxyl groups excluding tert-OH is 3. The van der Waals surface area contributed by atoms with Gasteiger partial charge in [-0.2, -0.15) is 0 Å². The second-order valence-electron chi connectivity index (χ2n) is 2.66. The first-order chi connectivity index (χ1) is 5.04. The van der Waals surface area contributed by atoms with E-state index in [0.717, 1.165) is 0 Å². The Bertz CT molecular complexity index is 129. The molecule has 1 fully saturated rings. The Morgan fingerprint density at radius 1 is 1.18 bits per heavy atom. The topological polar surface area (TPSA) is 69.9 Å². The lowest BCUT2D eigenvalue weighted by Gasteiger charge is -2.35. The molecule has 0 bridgehead atoms. The Morgan fingerprint density at radius 2 is 1.73 bits per heavy atom. The maximum Gasteiger partial charge on any atom is 0.189 e. The van der Waals surface area contributed by atoms with Crippen LogP contribution in [0.3, 0.4) is 0 Å². The molecule has 1 aliphatic heterocycles. The molecule has 5 atom stereocenters. The standard InChI is InChI=1S/C6H11FO4/c1-2-4(8)5(9)3(7)6(10)11-2/h2-6,8-10H,1H3/t2-,3-,4+,5-,6?/m1/s1. The van der Waals surface area contributed by atoms with Crippen LogP contribution in [0, 0.1) is 0 Å². The number of ether oxygens (including phenoxy) is 1. The quantitative estimate of drug-likeness (QED) is 0.422. The molecule has 1 saturated heterocycles. The number of rotatable bonds is 0. The number of hydrogen-bond acceptors (Lipinski definition) is 4. The SMILES string of the molecule is C[C@H]1OC(O)[C@H](F)[C@@H](O)[C@H]1O. The highest BCUT2D eigenvalue weighted by Crippen LogP contribution is 2.21. The Hall–Kier alpha value is -0.230. The van der Waals surface area contributed by atoms with Gasteiger partial charge in [0.2, 0.25) is 0 Å². The molecule has 1 aliphatic rings. The summed E-state index contributed by atoms with van der Waals surface area (Å²) in [5.74, 6) is 0. The van der Waals surface area contributed by atoms with E-state index in [9.17, 15) is 4.39 Å². The molecule has 0 aromatic carbocycles. The fraction of sp³-hybridized carbons (Fsp3) is 1.00. The molecule has 5 heteroatoms. The molecule has 0 amide bonds. The summed E-state index contributed by atoms with van der Waals surface area (Å²) in [5.41, 5.74) is 0. The van der Waals surface area contributed by atoms with Crippen molar-refractivity contribution in [2.75, 3.05) is 0 Å². The lowest BCUT2D eigenvalue weighted by molar-refractivity contribution is -0.261. The van der Waals surface area contributed by atoms with Gasteiger partial charge in [0.1, 0.15) is 12.2 Å². The normalized spacial score (nSPS) is 52.6. The maximum atomic E-state index is 12.6. The first-order valence-electron chi connectivity index (χ1n) is 3.37. The van der Waals surface area contributed by atoms with Gasteiger partial charge in [0.25, 0.3) is 0 Å². The fourth-order valence-electron chi connectivity index (χ4n) is 1.01. The molecule has 66 valence electrons. The van der Waals surface area contributed by atoms with Crippen molar-refractivity contribution in [3.8, 4) is 0 Å². The van der Waals surface area contributed by atoms with Crippen molar-refractivity contribution in [2.24, 2.45) is 0 Å². The van der Waals surface area contributed by atoms with Gasteiger partial charge in [-0.15, -0.1) is 0 Å². The van der Waals surface area contributed by atoms with E-state index in [1.165, 1.54) is 6.92 Å². The van der Waals surface area contributed by atoms with Crippen LogP contribution in [-0.2, 0) is 4.74 Å². The van der Waals surface area contributed by atoms with Crippen molar-refractivity contribution in [3.05, 3.63) is 0 Å². The van der Waals surface area contributed by atoms with E-state index in [-0.39, 0.29) is 0 Å². The van der Waals surface area contributed by atoms with E-state index in [1.54, 1.807) is 0 Å². The van der Waals surface area contributed by atoms with Crippen molar-refractivity contribution in [3.63, 3.8) is 0 Å². The third-order valence-electron chi connectivity index (χ3n) is 1.78. The summed E-state index contributed by atoms with van der Waals surface area (Å²) in [5, 5.41) is 26.7. The van der Waals surface area contributed by atoms with Gasteiger partial charge in [-0.1, -0.05) is 0 Å². The van der Waals surface area contributed by atoms with Crippen LogP contribution in [0.2, 0.25) is 0 Å². The minimum Gasteiger partial charge on any atom is -0.388 e. The Labute approximate surface area is 63.2 Å². The molecule has 0 aromatic rings. The maximum absolute atomic E-state index is 12.6. The van der Waals surface area contributed by atoms with Crippen molar-refractivity contribution < 1.29 is 24.4 Å². The van der Waals surface area contributed by atoms with Crippen LogP contribution in [0.5, 0.6) is 0 Å². The predicted molar refractivity (Wildman–Crippen MR) is 33.5 cm³/mol. The molecule has 11 heavy (non-hydrogen) atoms. The molecule has 1 heterocycles. The van der Waals surface area contributed by atoms with Crippen LogP contribution in [0.25, 0.3) is 0 Å². The average molecular weight is 166 g/mol. The van der Waals surface area contributed by atoms with Gasteiger partial charge in [-0.05, 0) is 6.92 Å². The molecular formula is C6H11FO4. The Kier molecular flexibility index (Phi) is 2.43. The predicted octanol–water partition coefficient (Wildman–Crippen LogP) is -1.22. The van der Waals surface area contributed by atoms with Gasteiger partial charge >= 0.3 is 0 Å². The van der Waals surface area contributed by atoms with Crippen LogP contribution in [0.4, 0.5) is 4.39 Å². The van der Waals surface area contributed by atoms with Crippen LogP contribution in [0.1, 0.15) is 6.92 Å². The van der Waals surface area contributed by atoms with E-state index in [1.807, 2.05) is 0 Å². The van der Waals surface area contributed by atoms with Crippen molar-refractivity contribution in [2.45, 2.75) is 37.7 Å². The molecule has 0 spiro atoms. The molecule has 0 aromatic heterocycles. The van der Waals surface area contributed by atoms with Gasteiger partial charge in [-0.3, -0.25) is 0 Å². The average Bonchev–Trinajstić information content (AvgIpc) is 1.97. The fourth-order valence-corrected chi connectivity index (χ4v) is 1.01. The van der Waals surface area contributed by atoms with E-state index < -0.39 is 30.8 Å². The van der Waals surface area contributed by atoms with Crippen LogP contribution in [-0.4, -0.2) is 46.1 Å². The van der Waals surface area contributed by atoms with Crippen molar-refractivity contribution in [1.82, 2.24) is 0 Å². The van der Waals surface area contributed by atoms with E-state index in [0.29, 0.717) is 0 Å². The highest BCUT2D eigenvalue weighted by molar-refractivity contribution is 4.86. The molecule has 0 radical (unpaired) electrons. The lowest BCUT2D eigenvalue weighted by Crippen LogP contribution is -2.54. The van der Waals surface area contributed by atoms with Crippen LogP contribution >= 0.6 is 0 Å². The second kappa shape index (κ2) is 3.02. The van der Waals surface area contributed by atoms with Crippen molar-refractivity contribution >= 4 is 0 Å². The summed E-state index contributed by atoms with van der Waals surface area (Å²) in [4.78, 5) is 0. The highest BCUT2D eigenvalue weighted by atomic mass is 19.1. The smallest absolute Gasteiger partial charge is 0.189 e. The summed E-state index contributed by atoms with van der Waals surface area (Å²) in [7, 11) is 0. The molecule has 0 saturated carbocycles. The zero-order chi connectivity index (χ0) is 8.59. The third-order valence-corrected chi connectivity index (χ3v) is 1.78. The summed E-state index contributed by atoms with van der Waals surface area (Å²) in [6.07, 6.45) is -7.14. The van der Waals surface area contributed by atoms with E-state index >= 15 is 0 Å². The number of halogens is 1. The van der Waals surface area contributed by atoms with Gasteiger partial charge in [0.05, 0.1) is 6.10 Å². The molecule has 1 unspecified atom stereocenters. The van der Waals surface area contributed by atoms with E-state index in [2.05, 4.69) is 4.74 Å². The number of alkyl halides is 1. The Balaban J connectivity index is 2.63.